The van der Waals surface area contributed by atoms with Crippen molar-refractivity contribution in [2.24, 2.45) is 23.7 Å². The molecular weight excluding hydrogens is 372 g/mol. The second-order valence-corrected chi connectivity index (χ2v) is 10.2. The van der Waals surface area contributed by atoms with Gasteiger partial charge in [0, 0.05) is 26.2 Å². The highest BCUT2D eigenvalue weighted by Gasteiger charge is 2.62. The van der Waals surface area contributed by atoms with Crippen LogP contribution in [0.2, 0.25) is 0 Å². The lowest BCUT2D eigenvalue weighted by molar-refractivity contribution is -0.150. The predicted octanol–water partition coefficient (Wildman–Crippen LogP) is 3.09. The Morgan fingerprint density at radius 1 is 1.03 bits per heavy atom. The molecule has 5 fully saturated rings. The summed E-state index contributed by atoms with van der Waals surface area (Å²) in [4.78, 5) is 2.79. The molecule has 0 unspecified atom stereocenters. The van der Waals surface area contributed by atoms with Gasteiger partial charge in [0.15, 0.2) is 5.82 Å². The smallest absolute Gasteiger partial charge is 0.177 e. The van der Waals surface area contributed by atoms with E-state index in [0.717, 1.165) is 50.3 Å². The van der Waals surface area contributed by atoms with Gasteiger partial charge >= 0.3 is 0 Å². The first-order valence-corrected chi connectivity index (χ1v) is 12.0. The summed E-state index contributed by atoms with van der Waals surface area (Å²) in [5.74, 6) is 4.36. The van der Waals surface area contributed by atoms with E-state index in [-0.39, 0.29) is 5.54 Å². The van der Waals surface area contributed by atoms with Crippen LogP contribution in [0.5, 0.6) is 0 Å². The van der Waals surface area contributed by atoms with E-state index in [1.165, 1.54) is 48.9 Å². The van der Waals surface area contributed by atoms with Crippen LogP contribution < -0.4 is 5.32 Å². The monoisotopic (exact) mass is 406 g/mol. The molecule has 1 aromatic heterocycles. The summed E-state index contributed by atoms with van der Waals surface area (Å²) in [5, 5.41) is 17.4. The lowest BCUT2D eigenvalue weighted by Crippen LogP contribution is -2.67. The highest BCUT2D eigenvalue weighted by molar-refractivity contribution is 5.48. The van der Waals surface area contributed by atoms with Gasteiger partial charge in [0.05, 0.1) is 11.2 Å². The molecular formula is C24H34N6. The third-order valence-corrected chi connectivity index (χ3v) is 8.76. The largest absolute Gasteiger partial charge is 0.314 e. The molecule has 30 heavy (non-hydrogen) atoms. The highest BCUT2D eigenvalue weighted by Crippen LogP contribution is 2.63. The molecule has 1 aliphatic heterocycles. The number of tetrazole rings is 1. The van der Waals surface area contributed by atoms with Gasteiger partial charge in [-0.15, -0.1) is 5.10 Å². The van der Waals surface area contributed by atoms with E-state index in [1.54, 1.807) is 0 Å². The zero-order chi connectivity index (χ0) is 20.3. The third-order valence-electron chi connectivity index (χ3n) is 8.76. The van der Waals surface area contributed by atoms with Crippen LogP contribution in [-0.2, 0) is 12.0 Å². The molecule has 1 aromatic carbocycles. The lowest BCUT2D eigenvalue weighted by Gasteiger charge is -2.64. The number of aryl methyl sites for hydroxylation is 2. The Hall–Kier alpha value is -1.79. The zero-order valence-electron chi connectivity index (χ0n) is 18.3. The average molecular weight is 407 g/mol. The average Bonchev–Trinajstić information content (AvgIpc) is 3.23. The number of aromatic nitrogens is 4. The maximum Gasteiger partial charge on any atom is 0.177 e. The topological polar surface area (TPSA) is 58.9 Å². The first kappa shape index (κ1) is 18.9. The van der Waals surface area contributed by atoms with Gasteiger partial charge in [0.1, 0.15) is 0 Å². The molecule has 0 amide bonds. The Bertz CT molecular complexity index is 894. The Kier molecular flexibility index (Phi) is 4.50. The van der Waals surface area contributed by atoms with Gasteiger partial charge in [-0.05, 0) is 90.7 Å². The molecule has 2 heterocycles. The van der Waals surface area contributed by atoms with Crippen molar-refractivity contribution in [2.45, 2.75) is 57.9 Å². The molecule has 160 valence electrons. The summed E-state index contributed by atoms with van der Waals surface area (Å²) in [5.41, 5.74) is 3.81. The van der Waals surface area contributed by atoms with Gasteiger partial charge < -0.3 is 5.32 Å². The highest BCUT2D eigenvalue weighted by atomic mass is 15.6. The predicted molar refractivity (Wildman–Crippen MR) is 116 cm³/mol. The quantitative estimate of drug-likeness (QED) is 0.846. The summed E-state index contributed by atoms with van der Waals surface area (Å²) in [7, 11) is 0. The minimum absolute atomic E-state index is 0.00763. The van der Waals surface area contributed by atoms with Crippen molar-refractivity contribution in [1.82, 2.24) is 30.4 Å². The number of para-hydroxylation sites is 1. The van der Waals surface area contributed by atoms with Crippen LogP contribution in [-0.4, -0.2) is 51.3 Å². The lowest BCUT2D eigenvalue weighted by atomic mass is 9.47. The normalized spacial score (nSPS) is 35.8. The van der Waals surface area contributed by atoms with E-state index in [0.29, 0.717) is 11.8 Å². The Labute approximate surface area is 179 Å². The summed E-state index contributed by atoms with van der Waals surface area (Å²) in [6, 6.07) is 6.60. The molecule has 4 aliphatic carbocycles. The van der Waals surface area contributed by atoms with Crippen LogP contribution in [0.25, 0.3) is 5.69 Å². The van der Waals surface area contributed by atoms with E-state index in [1.807, 2.05) is 0 Å². The number of benzene rings is 1. The van der Waals surface area contributed by atoms with Gasteiger partial charge in [-0.2, -0.15) is 4.68 Å². The van der Waals surface area contributed by atoms with Crippen molar-refractivity contribution >= 4 is 0 Å². The van der Waals surface area contributed by atoms with E-state index >= 15 is 0 Å². The fourth-order valence-corrected chi connectivity index (χ4v) is 7.86. The van der Waals surface area contributed by atoms with Crippen LogP contribution in [0.15, 0.2) is 18.2 Å². The van der Waals surface area contributed by atoms with Crippen molar-refractivity contribution < 1.29 is 0 Å². The standard InChI is InChI=1S/C24H34N6/c1-3-19-6-4-5-16(2)22(19)30-23(26-27-28-30)24(29-9-7-25-8-10-29)20-12-17-11-18(14-20)15-21(24)13-17/h4-6,17-18,20-21,25H,3,7-15H2,1-2H3. The fraction of sp³-hybridized carbons (Fsp3) is 0.708. The SMILES string of the molecule is CCc1cccc(C)c1-n1nnnc1C1(N2CCNCC2)C2CC3CC(C2)CC1C3. The first-order valence-electron chi connectivity index (χ1n) is 12.0. The van der Waals surface area contributed by atoms with Gasteiger partial charge in [0.2, 0.25) is 0 Å². The molecule has 0 radical (unpaired) electrons. The summed E-state index contributed by atoms with van der Waals surface area (Å²) in [6.07, 6.45) is 7.90. The summed E-state index contributed by atoms with van der Waals surface area (Å²) >= 11 is 0. The summed E-state index contributed by atoms with van der Waals surface area (Å²) < 4.78 is 2.15. The number of nitrogens with one attached hydrogen (secondary N) is 1. The maximum absolute atomic E-state index is 4.84. The minimum Gasteiger partial charge on any atom is -0.314 e. The Morgan fingerprint density at radius 2 is 1.73 bits per heavy atom. The van der Waals surface area contributed by atoms with Gasteiger partial charge in [-0.3, -0.25) is 4.90 Å². The molecule has 7 rings (SSSR count). The Morgan fingerprint density at radius 3 is 2.40 bits per heavy atom. The number of piperazine rings is 1. The molecule has 0 spiro atoms. The van der Waals surface area contributed by atoms with Gasteiger partial charge in [-0.25, -0.2) is 0 Å². The van der Waals surface area contributed by atoms with Crippen molar-refractivity contribution in [2.75, 3.05) is 26.2 Å². The number of nitrogens with zero attached hydrogens (tertiary/aromatic N) is 5. The van der Waals surface area contributed by atoms with Crippen LogP contribution in [0.1, 0.15) is 56.0 Å². The Balaban J connectivity index is 1.55. The molecule has 1 saturated heterocycles. The van der Waals surface area contributed by atoms with Crippen LogP contribution in [0.3, 0.4) is 0 Å². The second-order valence-electron chi connectivity index (χ2n) is 10.2. The number of rotatable bonds is 4. The van der Waals surface area contributed by atoms with E-state index in [2.05, 4.69) is 57.4 Å². The molecule has 1 N–H and O–H groups in total. The molecule has 4 saturated carbocycles. The number of hydrogen-bond donors (Lipinski definition) is 1. The zero-order valence-corrected chi connectivity index (χ0v) is 18.3. The van der Waals surface area contributed by atoms with E-state index in [9.17, 15) is 0 Å². The van der Waals surface area contributed by atoms with Gasteiger partial charge in [0.25, 0.3) is 0 Å². The summed E-state index contributed by atoms with van der Waals surface area (Å²) in [6.45, 7) is 8.78. The van der Waals surface area contributed by atoms with Gasteiger partial charge in [-0.1, -0.05) is 25.1 Å². The van der Waals surface area contributed by atoms with Crippen molar-refractivity contribution in [3.05, 3.63) is 35.2 Å². The van der Waals surface area contributed by atoms with Crippen molar-refractivity contribution in [3.8, 4) is 5.69 Å². The minimum atomic E-state index is -0.00763. The van der Waals surface area contributed by atoms with Crippen LogP contribution in [0.4, 0.5) is 0 Å². The molecule has 6 heteroatoms. The molecule has 0 atom stereocenters. The second kappa shape index (κ2) is 7.13. The molecule has 2 aromatic rings. The van der Waals surface area contributed by atoms with E-state index in [4.69, 9.17) is 5.10 Å². The molecule has 6 nitrogen and oxygen atoms in total. The molecule has 4 bridgehead atoms. The number of hydrogen-bond acceptors (Lipinski definition) is 5. The van der Waals surface area contributed by atoms with Crippen LogP contribution >= 0.6 is 0 Å². The van der Waals surface area contributed by atoms with E-state index < -0.39 is 0 Å². The van der Waals surface area contributed by atoms with Crippen molar-refractivity contribution in [3.63, 3.8) is 0 Å². The fourth-order valence-electron chi connectivity index (χ4n) is 7.86. The van der Waals surface area contributed by atoms with Crippen molar-refractivity contribution in [1.29, 1.82) is 0 Å². The first-order chi connectivity index (χ1) is 14.7. The van der Waals surface area contributed by atoms with Crippen LogP contribution in [0, 0.1) is 30.6 Å². The maximum atomic E-state index is 4.84. The third kappa shape index (κ3) is 2.59. The molecule has 5 aliphatic rings.